The van der Waals surface area contributed by atoms with E-state index in [1.165, 1.54) is 6.92 Å². The summed E-state index contributed by atoms with van der Waals surface area (Å²) in [7, 11) is 0. The van der Waals surface area contributed by atoms with Gasteiger partial charge in [0.25, 0.3) is 0 Å². The minimum absolute atomic E-state index is 0.0503. The molecule has 11 N–H and O–H groups in total. The number of rotatable bonds is 56. The minimum atomic E-state index is -1.84. The first-order chi connectivity index (χ1) is 46.2. The van der Waals surface area contributed by atoms with Gasteiger partial charge in [0.15, 0.2) is 0 Å². The lowest BCUT2D eigenvalue weighted by molar-refractivity contribution is -0.149. The summed E-state index contributed by atoms with van der Waals surface area (Å²) in [5.41, 5.74) is 8.46. The van der Waals surface area contributed by atoms with Gasteiger partial charge in [-0.2, -0.15) is 0 Å². The van der Waals surface area contributed by atoms with Crippen LogP contribution in [-0.4, -0.2) is 214 Å². The van der Waals surface area contributed by atoms with Gasteiger partial charge in [-0.3, -0.25) is 48.1 Å². The molecule has 3 aromatic rings. The Hall–Kier alpha value is -8.74. The summed E-state index contributed by atoms with van der Waals surface area (Å²) in [4.78, 5) is 148. The molecule has 0 saturated heterocycles. The highest BCUT2D eigenvalue weighted by Gasteiger charge is 2.38. The number of unbranched alkanes of at least 4 members (excludes halogenated alkanes) is 4. The summed E-state index contributed by atoms with van der Waals surface area (Å²) in [6.07, 6.45) is 2.39. The number of aliphatic carboxylic acids is 3. The lowest BCUT2D eigenvalue weighted by Crippen LogP contribution is -2.56. The van der Waals surface area contributed by atoms with Crippen LogP contribution in [-0.2, 0) is 100 Å². The van der Waals surface area contributed by atoms with Gasteiger partial charge in [0, 0.05) is 70.3 Å². The van der Waals surface area contributed by atoms with E-state index in [9.17, 15) is 67.7 Å². The molecule has 0 saturated carbocycles. The third-order valence-electron chi connectivity index (χ3n) is 14.5. The standard InChI is InChI=1S/C67H96N8O21/c1-48(76)45-53(77)23-20-49-18-21-52(22-19-49)72-61(81)29-34-92-38-40-95-42-44-96-43-41-94-39-37-91-33-28-59(79)70-31-35-93-36-32-71-63(84)54(46-50-13-7-5-8-14-50)74-64(85)55(47-51-15-9-6-10-16-51)73-60(80)17-11-3-2-4-12-30-69-58(78)26-24-56(65(86)87)75(67(68)90)57(66(88)89)25-27-62(82)83/h5-10,13-16,18-19,21-22,54-57H,2-4,11-12,17,20,23-47H2,1H3,(H2,68,90)(H,69,78)(H,70,79)(H,71,84)(H,72,81)(H,73,80)(H,74,85)(H,82,83)(H,86,87)(H,88,89)/t54-,55-,56-,57-/m0/s1. The maximum absolute atomic E-state index is 14.0. The van der Waals surface area contributed by atoms with Crippen LogP contribution in [0.2, 0.25) is 0 Å². The van der Waals surface area contributed by atoms with Crippen molar-refractivity contribution in [2.24, 2.45) is 5.73 Å². The maximum atomic E-state index is 14.0. The van der Waals surface area contributed by atoms with Crippen molar-refractivity contribution in [1.29, 1.82) is 0 Å². The van der Waals surface area contributed by atoms with Gasteiger partial charge in [0.2, 0.25) is 35.4 Å². The van der Waals surface area contributed by atoms with Gasteiger partial charge < -0.3 is 81.4 Å². The number of carbonyl (C=O) groups is 12. The number of hydrogen-bond acceptors (Lipinski definition) is 18. The lowest BCUT2D eigenvalue weighted by Gasteiger charge is -2.32. The van der Waals surface area contributed by atoms with Crippen molar-refractivity contribution < 1.29 is 101 Å². The Morgan fingerprint density at radius 3 is 1.42 bits per heavy atom. The molecule has 3 aromatic carbocycles. The molecule has 0 aliphatic heterocycles. The topological polar surface area (TPSA) is 422 Å². The second kappa shape index (κ2) is 49.8. The van der Waals surface area contributed by atoms with Gasteiger partial charge >= 0.3 is 23.9 Å². The fourth-order valence-corrected chi connectivity index (χ4v) is 9.49. The molecular formula is C67H96N8O21. The molecule has 8 amide bonds. The number of nitrogens with zero attached hydrogens (tertiary/aromatic N) is 1. The summed E-state index contributed by atoms with van der Waals surface area (Å²) < 4.78 is 33.1. The summed E-state index contributed by atoms with van der Waals surface area (Å²) in [6, 6.07) is 18.4. The SMILES string of the molecule is CC(=O)CC(=O)CCc1ccc(NC(=O)CCOCCOCCOCCOCCOCCC(=O)NCCOCCNC(=O)[C@H](Cc2ccccc2)NC(=O)[C@H](Cc2ccccc2)NC(=O)CCCCCCCNC(=O)CC[C@@H](C(=O)O)N(C(N)=O)[C@@H](CCC(=O)O)C(=O)O)cc1. The second-order valence-corrected chi connectivity index (χ2v) is 22.3. The first-order valence-corrected chi connectivity index (χ1v) is 32.3. The minimum Gasteiger partial charge on any atom is -0.481 e. The van der Waals surface area contributed by atoms with E-state index in [-0.39, 0.29) is 127 Å². The molecular weight excluding hydrogens is 1250 g/mol. The molecule has 0 fully saturated rings. The van der Waals surface area contributed by atoms with Crippen molar-refractivity contribution >= 4 is 76.6 Å². The number of aryl methyl sites for hydroxylation is 1. The molecule has 0 unspecified atom stereocenters. The number of benzene rings is 3. The Labute approximate surface area is 559 Å². The van der Waals surface area contributed by atoms with Gasteiger partial charge in [-0.25, -0.2) is 14.4 Å². The number of ketones is 2. The molecule has 0 aliphatic rings. The van der Waals surface area contributed by atoms with Crippen molar-refractivity contribution in [2.45, 2.75) is 140 Å². The second-order valence-electron chi connectivity index (χ2n) is 22.3. The van der Waals surface area contributed by atoms with Crippen LogP contribution in [0.25, 0.3) is 0 Å². The molecule has 29 heteroatoms. The molecule has 530 valence electrons. The van der Waals surface area contributed by atoms with Crippen molar-refractivity contribution in [2.75, 3.05) is 104 Å². The van der Waals surface area contributed by atoms with Crippen LogP contribution in [0.4, 0.5) is 10.5 Å². The van der Waals surface area contributed by atoms with E-state index in [2.05, 4.69) is 31.9 Å². The Balaban J connectivity index is 1.25. The predicted molar refractivity (Wildman–Crippen MR) is 349 cm³/mol. The number of urea groups is 1. The van der Waals surface area contributed by atoms with Gasteiger partial charge in [-0.1, -0.05) is 92.1 Å². The largest absolute Gasteiger partial charge is 0.481 e. The van der Waals surface area contributed by atoms with E-state index in [1.807, 2.05) is 72.8 Å². The average Bonchev–Trinajstić information content (AvgIpc) is 1.17. The van der Waals surface area contributed by atoms with Crippen LogP contribution in [0.15, 0.2) is 84.9 Å². The number of hydrogen-bond donors (Lipinski definition) is 10. The summed E-state index contributed by atoms with van der Waals surface area (Å²) in [5, 5.41) is 45.1. The van der Waals surface area contributed by atoms with Crippen LogP contribution in [0.1, 0.15) is 114 Å². The number of carbonyl (C=O) groups excluding carboxylic acids is 9. The predicted octanol–water partition coefficient (Wildman–Crippen LogP) is 3.06. The molecule has 0 bridgehead atoms. The third-order valence-corrected chi connectivity index (χ3v) is 14.5. The number of nitrogens with one attached hydrogen (secondary N) is 6. The molecule has 4 atom stereocenters. The molecule has 0 heterocycles. The van der Waals surface area contributed by atoms with Crippen LogP contribution in [0, 0.1) is 0 Å². The Bertz CT molecular complexity index is 2850. The number of ether oxygens (including phenoxy) is 6. The highest BCUT2D eigenvalue weighted by Crippen LogP contribution is 2.18. The van der Waals surface area contributed by atoms with Crippen LogP contribution in [0.5, 0.6) is 0 Å². The van der Waals surface area contributed by atoms with Crippen molar-refractivity contribution in [1.82, 2.24) is 31.5 Å². The first kappa shape index (κ1) is 81.5. The average molecular weight is 1350 g/mol. The Morgan fingerprint density at radius 2 is 0.896 bits per heavy atom. The number of carboxylic acids is 3. The molecule has 96 heavy (non-hydrogen) atoms. The summed E-state index contributed by atoms with van der Waals surface area (Å²) in [6.45, 7) is 5.37. The molecule has 0 spiro atoms. The number of Topliss-reactive ketones (excluding diaryl/α,β-unsaturated/α-hetero) is 2. The normalized spacial score (nSPS) is 12.2. The van der Waals surface area contributed by atoms with Crippen molar-refractivity contribution in [3.8, 4) is 0 Å². The van der Waals surface area contributed by atoms with Gasteiger partial charge in [-0.05, 0) is 67.9 Å². The number of nitrogens with two attached hydrogens (primary N) is 1. The van der Waals surface area contributed by atoms with E-state index >= 15 is 0 Å². The van der Waals surface area contributed by atoms with E-state index in [0.29, 0.717) is 102 Å². The molecule has 3 rings (SSSR count). The summed E-state index contributed by atoms with van der Waals surface area (Å²) >= 11 is 0. The number of anilines is 1. The zero-order valence-corrected chi connectivity index (χ0v) is 54.7. The highest BCUT2D eigenvalue weighted by molar-refractivity contribution is 5.98. The van der Waals surface area contributed by atoms with E-state index in [4.69, 9.17) is 39.3 Å². The number of carboxylic acid groups (broad SMARTS) is 3. The smallest absolute Gasteiger partial charge is 0.326 e. The Morgan fingerprint density at radius 1 is 0.438 bits per heavy atom. The van der Waals surface area contributed by atoms with Crippen LogP contribution in [0.3, 0.4) is 0 Å². The molecule has 29 nitrogen and oxygen atoms in total. The van der Waals surface area contributed by atoms with Crippen LogP contribution < -0.4 is 37.6 Å². The molecule has 0 radical (unpaired) electrons. The zero-order chi connectivity index (χ0) is 70.1. The lowest BCUT2D eigenvalue weighted by atomic mass is 10.0. The van der Waals surface area contributed by atoms with E-state index < -0.39 is 85.1 Å². The fourth-order valence-electron chi connectivity index (χ4n) is 9.49. The molecule has 0 aromatic heterocycles. The van der Waals surface area contributed by atoms with Gasteiger partial charge in [0.05, 0.1) is 92.1 Å². The zero-order valence-electron chi connectivity index (χ0n) is 54.7. The van der Waals surface area contributed by atoms with E-state index in [1.54, 1.807) is 12.1 Å². The quantitative estimate of drug-likeness (QED) is 0.0287. The summed E-state index contributed by atoms with van der Waals surface area (Å²) in [5.74, 6) is -7.22. The maximum Gasteiger partial charge on any atom is 0.326 e. The van der Waals surface area contributed by atoms with Crippen molar-refractivity contribution in [3.05, 3.63) is 102 Å². The number of amides is 8. The fraction of sp³-hybridized carbons (Fsp3) is 0.552. The van der Waals surface area contributed by atoms with Gasteiger partial charge in [0.1, 0.15) is 35.7 Å². The third kappa shape index (κ3) is 38.6. The van der Waals surface area contributed by atoms with Crippen LogP contribution >= 0.6 is 0 Å². The van der Waals surface area contributed by atoms with E-state index in [0.717, 1.165) is 16.7 Å². The van der Waals surface area contributed by atoms with Crippen molar-refractivity contribution in [3.63, 3.8) is 0 Å². The Kier molecular flexibility index (Phi) is 42.2. The molecule has 0 aliphatic carbocycles. The monoisotopic (exact) mass is 1350 g/mol. The highest BCUT2D eigenvalue weighted by atomic mass is 16.6. The number of primary amides is 1. The first-order valence-electron chi connectivity index (χ1n) is 32.3. The van der Waals surface area contributed by atoms with Gasteiger partial charge in [-0.15, -0.1) is 0 Å².